The van der Waals surface area contributed by atoms with E-state index in [4.69, 9.17) is 14.2 Å². The lowest BCUT2D eigenvalue weighted by Crippen LogP contribution is -2.48. The van der Waals surface area contributed by atoms with Crippen LogP contribution in [0, 0.1) is 0 Å². The molecule has 8 nitrogen and oxygen atoms in total. The summed E-state index contributed by atoms with van der Waals surface area (Å²) in [6.07, 6.45) is 9.17. The smallest absolute Gasteiger partial charge is 0.271 e. The Labute approximate surface area is 170 Å². The number of ether oxygens (including phenoxy) is 3. The first-order valence-electron chi connectivity index (χ1n) is 9.45. The van der Waals surface area contributed by atoms with E-state index in [2.05, 4.69) is 29.2 Å². The van der Waals surface area contributed by atoms with Gasteiger partial charge < -0.3 is 19.5 Å². The molecule has 0 fully saturated rings. The van der Waals surface area contributed by atoms with E-state index in [1.54, 1.807) is 37.9 Å². The molecular formula is C21H26N4O4. The highest BCUT2D eigenvalue weighted by molar-refractivity contribution is 5.78. The normalized spacial score (nSPS) is 18.6. The number of nitrogens with zero attached hydrogens (tertiary/aromatic N) is 3. The second-order valence-corrected chi connectivity index (χ2v) is 6.80. The molecule has 1 aliphatic heterocycles. The van der Waals surface area contributed by atoms with Crippen molar-refractivity contribution in [2.24, 2.45) is 0 Å². The number of hydrogen-bond donors (Lipinski definition) is 1. The minimum absolute atomic E-state index is 0.197. The van der Waals surface area contributed by atoms with Crippen LogP contribution in [-0.2, 0) is 25.6 Å². The predicted octanol–water partition coefficient (Wildman–Crippen LogP) is 2.60. The summed E-state index contributed by atoms with van der Waals surface area (Å²) in [6, 6.07) is 5.94. The maximum Gasteiger partial charge on any atom is 0.271 e. The van der Waals surface area contributed by atoms with Crippen LogP contribution in [-0.4, -0.2) is 47.3 Å². The maximum atomic E-state index is 11.3. The summed E-state index contributed by atoms with van der Waals surface area (Å²) in [5.41, 5.74) is 3.04. The second kappa shape index (κ2) is 9.60. The van der Waals surface area contributed by atoms with E-state index in [1.807, 2.05) is 22.9 Å². The molecule has 0 aromatic carbocycles. The van der Waals surface area contributed by atoms with Gasteiger partial charge in [0.15, 0.2) is 0 Å². The van der Waals surface area contributed by atoms with E-state index in [0.29, 0.717) is 18.8 Å². The van der Waals surface area contributed by atoms with Gasteiger partial charge in [0.05, 0.1) is 31.2 Å². The van der Waals surface area contributed by atoms with Gasteiger partial charge in [-0.05, 0) is 32.1 Å². The van der Waals surface area contributed by atoms with Gasteiger partial charge in [0.25, 0.3) is 5.91 Å². The van der Waals surface area contributed by atoms with Gasteiger partial charge in [-0.3, -0.25) is 14.5 Å². The molecule has 2 aromatic heterocycles. The zero-order valence-corrected chi connectivity index (χ0v) is 16.9. The molecule has 0 aliphatic carbocycles. The summed E-state index contributed by atoms with van der Waals surface area (Å²) in [7, 11) is 1.59. The number of aromatic nitrogens is 3. The van der Waals surface area contributed by atoms with Crippen molar-refractivity contribution in [3.05, 3.63) is 60.1 Å². The van der Waals surface area contributed by atoms with Gasteiger partial charge in [-0.15, -0.1) is 0 Å². The number of nitrogens with one attached hydrogen (secondary N) is 1. The highest BCUT2D eigenvalue weighted by atomic mass is 16.7. The molecule has 29 heavy (non-hydrogen) atoms. The molecule has 0 saturated heterocycles. The van der Waals surface area contributed by atoms with Crippen LogP contribution in [0.2, 0.25) is 0 Å². The van der Waals surface area contributed by atoms with Crippen molar-refractivity contribution < 1.29 is 19.0 Å². The third kappa shape index (κ3) is 4.97. The quantitative estimate of drug-likeness (QED) is 0.374. The van der Waals surface area contributed by atoms with Gasteiger partial charge in [-0.25, -0.2) is 0 Å². The third-order valence-electron chi connectivity index (χ3n) is 4.39. The molecule has 0 spiro atoms. The number of hydrogen-bond acceptors (Lipinski definition) is 7. The third-order valence-corrected chi connectivity index (χ3v) is 4.39. The fourth-order valence-electron chi connectivity index (χ4n) is 3.01. The largest absolute Gasteiger partial charge is 0.382 e. The summed E-state index contributed by atoms with van der Waals surface area (Å²) >= 11 is 0. The average Bonchev–Trinajstić information content (AvgIpc) is 3.23. The maximum absolute atomic E-state index is 11.3. The minimum Gasteiger partial charge on any atom is -0.382 e. The lowest BCUT2D eigenvalue weighted by Gasteiger charge is -2.33. The van der Waals surface area contributed by atoms with Crippen molar-refractivity contribution in [3.63, 3.8) is 0 Å². The number of carbonyl (C=O) groups is 1. The molecule has 0 amide bonds. The van der Waals surface area contributed by atoms with E-state index in [0.717, 1.165) is 23.2 Å². The van der Waals surface area contributed by atoms with E-state index in [-0.39, 0.29) is 12.6 Å². The van der Waals surface area contributed by atoms with Crippen LogP contribution in [0.25, 0.3) is 11.4 Å². The van der Waals surface area contributed by atoms with Gasteiger partial charge in [-0.1, -0.05) is 6.07 Å². The van der Waals surface area contributed by atoms with Crippen LogP contribution >= 0.6 is 0 Å². The van der Waals surface area contributed by atoms with E-state index in [1.165, 1.54) is 0 Å². The van der Waals surface area contributed by atoms with Crippen LogP contribution in [0.3, 0.4) is 0 Å². The Morgan fingerprint density at radius 3 is 2.86 bits per heavy atom. The molecule has 0 saturated carbocycles. The molecule has 8 heteroatoms. The molecule has 1 aliphatic rings. The van der Waals surface area contributed by atoms with Gasteiger partial charge in [0, 0.05) is 49.0 Å². The predicted molar refractivity (Wildman–Crippen MR) is 108 cm³/mol. The highest BCUT2D eigenvalue weighted by Crippen LogP contribution is 2.26. The summed E-state index contributed by atoms with van der Waals surface area (Å²) in [6.45, 7) is 5.03. The number of dihydropyridines is 1. The van der Waals surface area contributed by atoms with Crippen LogP contribution in [0.1, 0.15) is 25.5 Å². The Balaban J connectivity index is 1.85. The molecule has 1 atom stereocenters. The fourth-order valence-corrected chi connectivity index (χ4v) is 3.01. The number of pyridine rings is 1. The van der Waals surface area contributed by atoms with Gasteiger partial charge in [-0.2, -0.15) is 5.10 Å². The van der Waals surface area contributed by atoms with E-state index in [9.17, 15) is 4.79 Å². The van der Waals surface area contributed by atoms with Crippen LogP contribution < -0.4 is 5.32 Å². The van der Waals surface area contributed by atoms with E-state index >= 15 is 0 Å². The van der Waals surface area contributed by atoms with Crippen LogP contribution in [0.15, 0.2) is 54.5 Å². The van der Waals surface area contributed by atoms with Gasteiger partial charge >= 0.3 is 0 Å². The van der Waals surface area contributed by atoms with Gasteiger partial charge in [0.1, 0.15) is 6.29 Å². The lowest BCUT2D eigenvalue weighted by molar-refractivity contribution is -0.228. The Morgan fingerprint density at radius 2 is 2.10 bits per heavy atom. The monoisotopic (exact) mass is 398 g/mol. The molecular weight excluding hydrogens is 372 g/mol. The van der Waals surface area contributed by atoms with Crippen molar-refractivity contribution in [2.45, 2.75) is 32.4 Å². The number of carbonyl (C=O) groups excluding carboxylic acids is 1. The molecule has 3 heterocycles. The molecule has 1 N–H and O–H groups in total. The van der Waals surface area contributed by atoms with E-state index < -0.39 is 5.91 Å². The highest BCUT2D eigenvalue weighted by Gasteiger charge is 2.31. The minimum atomic E-state index is -1.27. The fraction of sp³-hybridized carbons (Fsp3) is 0.381. The Bertz CT molecular complexity index is 890. The SMILES string of the molecule is COCCOC1(OCc2cccnc2-c2ccnn2C(C)C)C=C(C=O)C=CN1. The number of allylic oxidation sites excluding steroid dienone is 2. The molecule has 1 unspecified atom stereocenters. The first-order valence-corrected chi connectivity index (χ1v) is 9.45. The van der Waals surface area contributed by atoms with Crippen molar-refractivity contribution in [1.82, 2.24) is 20.1 Å². The van der Waals surface area contributed by atoms with Crippen molar-refractivity contribution >= 4 is 6.29 Å². The zero-order valence-electron chi connectivity index (χ0n) is 16.9. The number of methoxy groups -OCH3 is 1. The Kier molecular flexibility index (Phi) is 6.92. The summed E-state index contributed by atoms with van der Waals surface area (Å²) in [5, 5.41) is 7.45. The van der Waals surface area contributed by atoms with Gasteiger partial charge in [0.2, 0.25) is 0 Å². The summed E-state index contributed by atoms with van der Waals surface area (Å²) in [5.74, 6) is -1.27. The molecule has 0 radical (unpaired) electrons. The molecule has 2 aromatic rings. The summed E-state index contributed by atoms with van der Waals surface area (Å²) < 4.78 is 19.0. The lowest BCUT2D eigenvalue weighted by atomic mass is 10.1. The Morgan fingerprint density at radius 1 is 1.24 bits per heavy atom. The zero-order chi connectivity index (χ0) is 20.7. The molecule has 3 rings (SSSR count). The second-order valence-electron chi connectivity index (χ2n) is 6.80. The van der Waals surface area contributed by atoms with Crippen LogP contribution in [0.5, 0.6) is 0 Å². The number of rotatable bonds is 10. The van der Waals surface area contributed by atoms with Crippen molar-refractivity contribution in [1.29, 1.82) is 0 Å². The number of aldehydes is 1. The first kappa shape index (κ1) is 20.9. The van der Waals surface area contributed by atoms with Crippen molar-refractivity contribution in [3.8, 4) is 11.4 Å². The molecule has 154 valence electrons. The first-order chi connectivity index (χ1) is 14.1. The Hall–Kier alpha value is -2.81. The van der Waals surface area contributed by atoms with Crippen LogP contribution in [0.4, 0.5) is 0 Å². The molecule has 0 bridgehead atoms. The standard InChI is InChI=1S/C21H26N4O4/c1-16(2)25-19(7-10-24-25)20-18(5-4-8-22-20)15-29-21(28-12-11-27-3)13-17(14-26)6-9-23-21/h4-10,13-14,16,23H,11-12,15H2,1-3H3. The van der Waals surface area contributed by atoms with Crippen molar-refractivity contribution in [2.75, 3.05) is 20.3 Å². The summed E-state index contributed by atoms with van der Waals surface area (Å²) in [4.78, 5) is 15.8. The average molecular weight is 398 g/mol. The topological polar surface area (TPSA) is 87.5 Å².